The van der Waals surface area contributed by atoms with Crippen molar-refractivity contribution in [1.82, 2.24) is 0 Å². The summed E-state index contributed by atoms with van der Waals surface area (Å²) in [6.07, 6.45) is 1.03. The fraction of sp³-hybridized carbons (Fsp3) is 0. The standard InChI is InChI=1S/C8H5F2/c1-2-6-4-3-5-7(9)8(6)10/h1-5H. The molecule has 0 unspecified atom stereocenters. The largest absolute Gasteiger partial charge is 0.204 e. The van der Waals surface area contributed by atoms with Crippen molar-refractivity contribution >= 4 is 6.08 Å². The number of hydrogen-bond donors (Lipinski definition) is 0. The van der Waals surface area contributed by atoms with Gasteiger partial charge in [0.05, 0.1) is 0 Å². The molecule has 0 bridgehead atoms. The summed E-state index contributed by atoms with van der Waals surface area (Å²) in [5.74, 6) is -1.77. The van der Waals surface area contributed by atoms with E-state index < -0.39 is 11.6 Å². The van der Waals surface area contributed by atoms with Crippen molar-refractivity contribution in [2.45, 2.75) is 0 Å². The summed E-state index contributed by atoms with van der Waals surface area (Å²) in [6.45, 7) is 4.99. The maximum absolute atomic E-state index is 12.5. The number of hydrogen-bond acceptors (Lipinski definition) is 0. The molecule has 0 amide bonds. The molecule has 0 aliphatic carbocycles. The fourth-order valence-corrected chi connectivity index (χ4v) is 0.649. The van der Waals surface area contributed by atoms with Crippen LogP contribution < -0.4 is 0 Å². The molecule has 0 N–H and O–H groups in total. The quantitative estimate of drug-likeness (QED) is 0.560. The third-order valence-corrected chi connectivity index (χ3v) is 1.16. The van der Waals surface area contributed by atoms with Crippen LogP contribution in [0.25, 0.3) is 6.08 Å². The van der Waals surface area contributed by atoms with Crippen molar-refractivity contribution in [1.29, 1.82) is 0 Å². The van der Waals surface area contributed by atoms with Gasteiger partial charge in [0.1, 0.15) is 0 Å². The van der Waals surface area contributed by atoms with Crippen molar-refractivity contribution in [3.63, 3.8) is 0 Å². The van der Waals surface area contributed by atoms with E-state index >= 15 is 0 Å². The Morgan fingerprint density at radius 1 is 1.30 bits per heavy atom. The Balaban J connectivity index is 3.27. The van der Waals surface area contributed by atoms with Gasteiger partial charge in [0, 0.05) is 5.56 Å². The van der Waals surface area contributed by atoms with Crippen molar-refractivity contribution < 1.29 is 8.78 Å². The van der Waals surface area contributed by atoms with Crippen molar-refractivity contribution in [2.75, 3.05) is 0 Å². The maximum Gasteiger partial charge on any atom is 0.166 e. The van der Waals surface area contributed by atoms with E-state index in [1.54, 1.807) is 0 Å². The first kappa shape index (κ1) is 6.93. The Labute approximate surface area is 57.8 Å². The zero-order chi connectivity index (χ0) is 7.56. The van der Waals surface area contributed by atoms with Gasteiger partial charge in [-0.3, -0.25) is 0 Å². The SMILES string of the molecule is [CH]=Cc1cccc(F)c1F. The molecule has 1 aromatic rings. The Hall–Kier alpha value is -1.18. The normalized spacial score (nSPS) is 9.40. The maximum atomic E-state index is 12.5. The molecule has 0 fully saturated rings. The molecule has 0 heterocycles. The van der Waals surface area contributed by atoms with Crippen LogP contribution in [-0.2, 0) is 0 Å². The van der Waals surface area contributed by atoms with E-state index in [2.05, 4.69) is 0 Å². The predicted molar refractivity (Wildman–Crippen MR) is 35.1 cm³/mol. The van der Waals surface area contributed by atoms with Crippen LogP contribution >= 0.6 is 0 Å². The second-order valence-electron chi connectivity index (χ2n) is 1.81. The summed E-state index contributed by atoms with van der Waals surface area (Å²) in [5.41, 5.74) is 0.0833. The Kier molecular flexibility index (Phi) is 1.81. The average molecular weight is 139 g/mol. The van der Waals surface area contributed by atoms with Crippen LogP contribution in [0, 0.1) is 18.2 Å². The lowest BCUT2D eigenvalue weighted by Crippen LogP contribution is -1.85. The highest BCUT2D eigenvalue weighted by atomic mass is 19.2. The van der Waals surface area contributed by atoms with E-state index in [9.17, 15) is 8.78 Å². The second-order valence-corrected chi connectivity index (χ2v) is 1.81. The molecule has 0 aromatic heterocycles. The second kappa shape index (κ2) is 2.60. The molecule has 51 valence electrons. The van der Waals surface area contributed by atoms with Crippen molar-refractivity contribution in [3.05, 3.63) is 42.0 Å². The number of halogens is 2. The van der Waals surface area contributed by atoms with Crippen molar-refractivity contribution in [2.24, 2.45) is 0 Å². The lowest BCUT2D eigenvalue weighted by molar-refractivity contribution is 0.507. The molecule has 0 saturated carbocycles. The topological polar surface area (TPSA) is 0 Å². The van der Waals surface area contributed by atoms with Crippen LogP contribution in [0.15, 0.2) is 18.2 Å². The lowest BCUT2D eigenvalue weighted by atomic mass is 10.2. The van der Waals surface area contributed by atoms with Gasteiger partial charge in [-0.15, -0.1) is 0 Å². The highest BCUT2D eigenvalue weighted by molar-refractivity contribution is 5.46. The summed E-state index contributed by atoms with van der Waals surface area (Å²) in [7, 11) is 0. The predicted octanol–water partition coefficient (Wildman–Crippen LogP) is 2.41. The first-order valence-electron chi connectivity index (χ1n) is 2.74. The van der Waals surface area contributed by atoms with Gasteiger partial charge in [0.2, 0.25) is 0 Å². The number of rotatable bonds is 1. The fourth-order valence-electron chi connectivity index (χ4n) is 0.649. The monoisotopic (exact) mass is 139 g/mol. The molecule has 0 aliphatic rings. The summed E-state index contributed by atoms with van der Waals surface area (Å²) in [4.78, 5) is 0. The minimum absolute atomic E-state index is 0.0833. The van der Waals surface area contributed by atoms with E-state index in [1.807, 2.05) is 0 Å². The highest BCUT2D eigenvalue weighted by Gasteiger charge is 2.02. The van der Waals surface area contributed by atoms with E-state index in [4.69, 9.17) is 6.58 Å². The van der Waals surface area contributed by atoms with E-state index in [-0.39, 0.29) is 5.56 Å². The molecule has 0 spiro atoms. The van der Waals surface area contributed by atoms with Gasteiger partial charge in [-0.2, -0.15) is 0 Å². The molecule has 0 saturated heterocycles. The molecule has 2 heteroatoms. The van der Waals surface area contributed by atoms with Gasteiger partial charge >= 0.3 is 0 Å². The van der Waals surface area contributed by atoms with Crippen LogP contribution in [0.1, 0.15) is 5.56 Å². The molecular weight excluding hydrogens is 134 g/mol. The Bertz CT molecular complexity index is 253. The van der Waals surface area contributed by atoms with Crippen LogP contribution in [-0.4, -0.2) is 0 Å². The molecule has 0 aliphatic heterocycles. The molecular formula is C8H5F2. The molecule has 0 nitrogen and oxygen atoms in total. The lowest BCUT2D eigenvalue weighted by Gasteiger charge is -1.94. The van der Waals surface area contributed by atoms with Crippen LogP contribution in [0.4, 0.5) is 8.78 Å². The third kappa shape index (κ3) is 1.05. The molecule has 1 aromatic carbocycles. The van der Waals surface area contributed by atoms with Gasteiger partial charge in [-0.05, 0) is 6.07 Å². The Morgan fingerprint density at radius 2 is 2.00 bits per heavy atom. The summed E-state index contributed by atoms with van der Waals surface area (Å²) in [5, 5.41) is 0. The van der Waals surface area contributed by atoms with Gasteiger partial charge in [0.15, 0.2) is 11.6 Å². The zero-order valence-corrected chi connectivity index (χ0v) is 5.14. The van der Waals surface area contributed by atoms with Gasteiger partial charge < -0.3 is 0 Å². The van der Waals surface area contributed by atoms with Gasteiger partial charge in [-0.1, -0.05) is 24.8 Å². The molecule has 0 atom stereocenters. The van der Waals surface area contributed by atoms with E-state index in [1.165, 1.54) is 12.1 Å². The summed E-state index contributed by atoms with van der Waals surface area (Å²) in [6, 6.07) is 3.85. The van der Waals surface area contributed by atoms with Gasteiger partial charge in [-0.25, -0.2) is 8.78 Å². The smallest absolute Gasteiger partial charge is 0.166 e. The van der Waals surface area contributed by atoms with Crippen molar-refractivity contribution in [3.8, 4) is 0 Å². The van der Waals surface area contributed by atoms with Crippen LogP contribution in [0.2, 0.25) is 0 Å². The van der Waals surface area contributed by atoms with Crippen LogP contribution in [0.3, 0.4) is 0 Å². The third-order valence-electron chi connectivity index (χ3n) is 1.16. The van der Waals surface area contributed by atoms with Crippen LogP contribution in [0.5, 0.6) is 0 Å². The average Bonchev–Trinajstić information content (AvgIpc) is 1.95. The molecule has 1 radical (unpaired) electrons. The van der Waals surface area contributed by atoms with Gasteiger partial charge in [0.25, 0.3) is 0 Å². The number of benzene rings is 1. The Morgan fingerprint density at radius 3 is 2.50 bits per heavy atom. The summed E-state index contributed by atoms with van der Waals surface area (Å²) < 4.78 is 24.8. The minimum Gasteiger partial charge on any atom is -0.204 e. The molecule has 1 rings (SSSR count). The first-order chi connectivity index (χ1) is 4.75. The molecule has 10 heavy (non-hydrogen) atoms. The minimum atomic E-state index is -0.898. The first-order valence-corrected chi connectivity index (χ1v) is 2.74. The zero-order valence-electron chi connectivity index (χ0n) is 5.14. The van der Waals surface area contributed by atoms with E-state index in [0.717, 1.165) is 12.1 Å². The highest BCUT2D eigenvalue weighted by Crippen LogP contribution is 2.11. The van der Waals surface area contributed by atoms with E-state index in [0.29, 0.717) is 0 Å². The summed E-state index contributed by atoms with van der Waals surface area (Å²) >= 11 is 0.